The molecule has 0 aliphatic rings. The Hall–Kier alpha value is -3.91. The fourth-order valence-electron chi connectivity index (χ4n) is 3.48. The van der Waals surface area contributed by atoms with Gasteiger partial charge in [0.2, 0.25) is 5.13 Å². The number of nitrogens with zero attached hydrogens (tertiary/aromatic N) is 5. The van der Waals surface area contributed by atoms with E-state index in [1.165, 1.54) is 11.3 Å². The summed E-state index contributed by atoms with van der Waals surface area (Å²) in [6.45, 7) is 4.07. The lowest BCUT2D eigenvalue weighted by Gasteiger charge is -2.10. The van der Waals surface area contributed by atoms with Crippen LogP contribution in [0.4, 0.5) is 5.13 Å². The van der Waals surface area contributed by atoms with E-state index < -0.39 is 0 Å². The van der Waals surface area contributed by atoms with Gasteiger partial charge in [0.05, 0.1) is 22.8 Å². The summed E-state index contributed by atoms with van der Waals surface area (Å²) in [5.41, 5.74) is 3.78. The van der Waals surface area contributed by atoms with E-state index in [4.69, 9.17) is 4.98 Å². The first kappa shape index (κ1) is 20.0. The Balaban J connectivity index is 1.54. The normalized spacial score (nSPS) is 11.2. The molecule has 1 amide bonds. The number of anilines is 1. The van der Waals surface area contributed by atoms with E-state index >= 15 is 0 Å². The van der Waals surface area contributed by atoms with Crippen molar-refractivity contribution in [2.75, 3.05) is 5.32 Å². The Kier molecular flexibility index (Phi) is 5.20. The Morgan fingerprint density at radius 1 is 0.969 bits per heavy atom. The molecular weight excluding hydrogens is 420 g/mol. The number of rotatable bonds is 5. The molecule has 0 radical (unpaired) electrons. The summed E-state index contributed by atoms with van der Waals surface area (Å²) in [7, 11) is 0. The van der Waals surface area contributed by atoms with Crippen LogP contribution in [0.3, 0.4) is 0 Å². The van der Waals surface area contributed by atoms with Crippen LogP contribution in [0.25, 0.3) is 32.9 Å². The third-order valence-corrected chi connectivity index (χ3v) is 5.92. The van der Waals surface area contributed by atoms with Crippen LogP contribution in [0.2, 0.25) is 0 Å². The van der Waals surface area contributed by atoms with Crippen LogP contribution >= 0.6 is 11.3 Å². The number of hydrogen-bond donors (Lipinski definition) is 1. The van der Waals surface area contributed by atoms with Crippen molar-refractivity contribution in [3.8, 4) is 21.8 Å². The molecular formula is C24H20N6OS. The molecule has 158 valence electrons. The minimum absolute atomic E-state index is 0.110. The molecule has 2 aromatic carbocycles. The number of pyridine rings is 1. The summed E-state index contributed by atoms with van der Waals surface area (Å²) < 4.78 is 1.83. The van der Waals surface area contributed by atoms with Gasteiger partial charge in [-0.05, 0) is 19.9 Å². The number of carbonyl (C=O) groups excluding carboxylic acids is 1. The van der Waals surface area contributed by atoms with Gasteiger partial charge in [0, 0.05) is 17.2 Å². The van der Waals surface area contributed by atoms with Crippen LogP contribution in [-0.4, -0.2) is 30.9 Å². The van der Waals surface area contributed by atoms with Crippen LogP contribution < -0.4 is 5.32 Å². The van der Waals surface area contributed by atoms with Crippen LogP contribution in [0.5, 0.6) is 0 Å². The lowest BCUT2D eigenvalue weighted by Crippen LogP contribution is -2.13. The second-order valence-corrected chi connectivity index (χ2v) is 8.55. The van der Waals surface area contributed by atoms with Crippen molar-refractivity contribution in [3.05, 3.63) is 78.5 Å². The van der Waals surface area contributed by atoms with E-state index in [0.717, 1.165) is 16.1 Å². The first-order valence-corrected chi connectivity index (χ1v) is 11.1. The van der Waals surface area contributed by atoms with Gasteiger partial charge in [-0.1, -0.05) is 72.0 Å². The van der Waals surface area contributed by atoms with Crippen molar-refractivity contribution in [3.63, 3.8) is 0 Å². The minimum atomic E-state index is -0.270. The molecule has 0 fully saturated rings. The summed E-state index contributed by atoms with van der Waals surface area (Å²) in [4.78, 5) is 18.1. The monoisotopic (exact) mass is 440 g/mol. The SMILES string of the molecule is CC(C)n1ncc2c(C(=O)Nc3nnc(-c4ccccc4)s3)cc(-c3ccccc3)nc21. The Morgan fingerprint density at radius 3 is 2.34 bits per heavy atom. The van der Waals surface area contributed by atoms with Gasteiger partial charge in [-0.25, -0.2) is 9.67 Å². The lowest BCUT2D eigenvalue weighted by molar-refractivity contribution is 0.102. The second kappa shape index (κ2) is 8.32. The molecule has 3 heterocycles. The topological polar surface area (TPSA) is 85.6 Å². The number of fused-ring (bicyclic) bond motifs is 1. The first-order chi connectivity index (χ1) is 15.6. The van der Waals surface area contributed by atoms with Gasteiger partial charge in [-0.2, -0.15) is 5.10 Å². The standard InChI is InChI=1S/C24H20N6OS/c1-15(2)30-21-19(14-25-30)18(13-20(26-21)16-9-5-3-6-10-16)22(31)27-24-29-28-23(32-24)17-11-7-4-8-12-17/h3-15H,1-2H3,(H,27,29,31). The van der Waals surface area contributed by atoms with Crippen LogP contribution in [0.1, 0.15) is 30.2 Å². The third kappa shape index (κ3) is 3.76. The fraction of sp³-hybridized carbons (Fsp3) is 0.125. The van der Waals surface area contributed by atoms with Crippen molar-refractivity contribution >= 4 is 33.4 Å². The maximum atomic E-state index is 13.3. The second-order valence-electron chi connectivity index (χ2n) is 7.57. The zero-order valence-electron chi connectivity index (χ0n) is 17.6. The minimum Gasteiger partial charge on any atom is -0.296 e. The van der Waals surface area contributed by atoms with E-state index in [2.05, 4.69) is 20.6 Å². The summed E-state index contributed by atoms with van der Waals surface area (Å²) in [6, 6.07) is 21.5. The molecule has 0 aliphatic carbocycles. The molecule has 0 unspecified atom stereocenters. The van der Waals surface area contributed by atoms with Gasteiger partial charge < -0.3 is 0 Å². The number of hydrogen-bond acceptors (Lipinski definition) is 6. The van der Waals surface area contributed by atoms with Crippen LogP contribution in [0, 0.1) is 0 Å². The molecule has 0 bridgehead atoms. The largest absolute Gasteiger partial charge is 0.296 e. The van der Waals surface area contributed by atoms with E-state index in [0.29, 0.717) is 27.4 Å². The average Bonchev–Trinajstić information content (AvgIpc) is 3.47. The molecule has 5 aromatic rings. The number of benzene rings is 2. The molecule has 0 spiro atoms. The highest BCUT2D eigenvalue weighted by Crippen LogP contribution is 2.29. The molecule has 3 aromatic heterocycles. The Morgan fingerprint density at radius 2 is 1.66 bits per heavy atom. The van der Waals surface area contributed by atoms with E-state index in [9.17, 15) is 4.79 Å². The van der Waals surface area contributed by atoms with Crippen LogP contribution in [-0.2, 0) is 0 Å². The number of nitrogens with one attached hydrogen (secondary N) is 1. The van der Waals surface area contributed by atoms with E-state index in [1.807, 2.05) is 79.2 Å². The number of amides is 1. The zero-order chi connectivity index (χ0) is 22.1. The predicted molar refractivity (Wildman–Crippen MR) is 127 cm³/mol. The highest BCUT2D eigenvalue weighted by Gasteiger charge is 2.20. The van der Waals surface area contributed by atoms with Crippen molar-refractivity contribution in [2.45, 2.75) is 19.9 Å². The summed E-state index contributed by atoms with van der Waals surface area (Å²) in [6.07, 6.45) is 1.70. The van der Waals surface area contributed by atoms with Gasteiger partial charge in [0.15, 0.2) is 5.65 Å². The summed E-state index contributed by atoms with van der Waals surface area (Å²) >= 11 is 1.33. The number of aromatic nitrogens is 5. The molecule has 32 heavy (non-hydrogen) atoms. The molecule has 0 saturated carbocycles. The molecule has 5 rings (SSSR count). The predicted octanol–water partition coefficient (Wildman–Crippen LogP) is 5.45. The third-order valence-electron chi connectivity index (χ3n) is 5.04. The van der Waals surface area contributed by atoms with Crippen molar-refractivity contribution in [1.82, 2.24) is 25.0 Å². The van der Waals surface area contributed by atoms with Gasteiger partial charge in [-0.15, -0.1) is 10.2 Å². The Labute approximate surface area is 188 Å². The van der Waals surface area contributed by atoms with E-state index in [1.54, 1.807) is 12.3 Å². The highest BCUT2D eigenvalue weighted by atomic mass is 32.1. The number of carbonyl (C=O) groups is 1. The molecule has 0 atom stereocenters. The zero-order valence-corrected chi connectivity index (χ0v) is 18.4. The van der Waals surface area contributed by atoms with E-state index in [-0.39, 0.29) is 11.9 Å². The average molecular weight is 441 g/mol. The molecule has 7 nitrogen and oxygen atoms in total. The summed E-state index contributed by atoms with van der Waals surface area (Å²) in [5, 5.41) is 17.6. The van der Waals surface area contributed by atoms with Crippen molar-refractivity contribution < 1.29 is 4.79 Å². The van der Waals surface area contributed by atoms with Crippen molar-refractivity contribution in [1.29, 1.82) is 0 Å². The smallest absolute Gasteiger partial charge is 0.258 e. The quantitative estimate of drug-likeness (QED) is 0.393. The van der Waals surface area contributed by atoms with Crippen LogP contribution in [0.15, 0.2) is 72.9 Å². The maximum absolute atomic E-state index is 13.3. The molecule has 8 heteroatoms. The molecule has 0 saturated heterocycles. The van der Waals surface area contributed by atoms with Gasteiger partial charge in [0.1, 0.15) is 5.01 Å². The van der Waals surface area contributed by atoms with Gasteiger partial charge >= 0.3 is 0 Å². The fourth-order valence-corrected chi connectivity index (χ4v) is 4.22. The Bertz CT molecular complexity index is 1390. The highest BCUT2D eigenvalue weighted by molar-refractivity contribution is 7.18. The molecule has 0 aliphatic heterocycles. The van der Waals surface area contributed by atoms with Gasteiger partial charge in [-0.3, -0.25) is 10.1 Å². The first-order valence-electron chi connectivity index (χ1n) is 10.2. The molecule has 1 N–H and O–H groups in total. The lowest BCUT2D eigenvalue weighted by atomic mass is 10.1. The summed E-state index contributed by atoms with van der Waals surface area (Å²) in [5.74, 6) is -0.270. The maximum Gasteiger partial charge on any atom is 0.258 e. The van der Waals surface area contributed by atoms with Crippen molar-refractivity contribution in [2.24, 2.45) is 0 Å². The van der Waals surface area contributed by atoms with Gasteiger partial charge in [0.25, 0.3) is 5.91 Å².